The lowest BCUT2D eigenvalue weighted by molar-refractivity contribution is 0.0971. The normalized spacial score (nSPS) is 15.6. The Bertz CT molecular complexity index is 402. The first-order valence-corrected chi connectivity index (χ1v) is 5.76. The van der Waals surface area contributed by atoms with Crippen LogP contribution in [-0.2, 0) is 6.42 Å². The summed E-state index contributed by atoms with van der Waals surface area (Å²) in [6.45, 7) is 6.44. The van der Waals surface area contributed by atoms with E-state index in [0.29, 0.717) is 11.7 Å². The van der Waals surface area contributed by atoms with Crippen molar-refractivity contribution in [2.24, 2.45) is 0 Å². The zero-order valence-electron chi connectivity index (χ0n) is 9.76. The fourth-order valence-electron chi connectivity index (χ4n) is 2.45. The highest BCUT2D eigenvalue weighted by Crippen LogP contribution is 2.30. The molecule has 1 nitrogen and oxygen atoms in total. The minimum Gasteiger partial charge on any atom is -0.294 e. The van der Waals surface area contributed by atoms with Crippen molar-refractivity contribution in [3.8, 4) is 0 Å². The predicted molar refractivity (Wildman–Crippen MR) is 62.5 cm³/mol. The molecule has 1 aromatic carbocycles. The molecule has 0 N–H and O–H groups in total. The van der Waals surface area contributed by atoms with Crippen molar-refractivity contribution < 1.29 is 4.79 Å². The molecule has 1 aliphatic carbocycles. The molecule has 0 heterocycles. The van der Waals surface area contributed by atoms with Crippen molar-refractivity contribution >= 4 is 5.78 Å². The number of carbonyl (C=O) groups is 1. The number of benzene rings is 1. The van der Waals surface area contributed by atoms with Crippen LogP contribution in [0.25, 0.3) is 0 Å². The molecule has 0 atom stereocenters. The van der Waals surface area contributed by atoms with Gasteiger partial charge < -0.3 is 0 Å². The molecule has 0 aliphatic heterocycles. The highest BCUT2D eigenvalue weighted by Gasteiger charge is 2.22. The third-order valence-electron chi connectivity index (χ3n) is 3.15. The minimum absolute atomic E-state index is 0.347. The molecular formula is C14H18O. The van der Waals surface area contributed by atoms with Gasteiger partial charge in [-0.3, -0.25) is 4.79 Å². The summed E-state index contributed by atoms with van der Waals surface area (Å²) in [5.41, 5.74) is 4.83. The van der Waals surface area contributed by atoms with Crippen molar-refractivity contribution in [3.63, 3.8) is 0 Å². The lowest BCUT2D eigenvalue weighted by atomic mass is 9.83. The Morgan fingerprint density at radius 1 is 1.20 bits per heavy atom. The maximum atomic E-state index is 11.9. The van der Waals surface area contributed by atoms with E-state index in [1.807, 2.05) is 0 Å². The van der Waals surface area contributed by atoms with E-state index in [9.17, 15) is 4.79 Å². The molecule has 2 rings (SSSR count). The molecule has 1 aliphatic rings. The summed E-state index contributed by atoms with van der Waals surface area (Å²) in [5, 5.41) is 0. The van der Waals surface area contributed by atoms with Crippen LogP contribution in [0, 0.1) is 6.92 Å². The summed E-state index contributed by atoms with van der Waals surface area (Å²) in [5.74, 6) is 0.792. The zero-order chi connectivity index (χ0) is 11.0. The second-order valence-electron chi connectivity index (χ2n) is 4.82. The number of carbonyl (C=O) groups excluding carboxylic acids is 1. The van der Waals surface area contributed by atoms with Crippen molar-refractivity contribution in [1.29, 1.82) is 0 Å². The van der Waals surface area contributed by atoms with E-state index >= 15 is 0 Å². The molecule has 0 aromatic heterocycles. The molecule has 0 radical (unpaired) electrons. The summed E-state index contributed by atoms with van der Waals surface area (Å²) in [6.07, 6.45) is 2.82. The summed E-state index contributed by atoms with van der Waals surface area (Å²) < 4.78 is 0. The Hall–Kier alpha value is -1.11. The van der Waals surface area contributed by atoms with Crippen molar-refractivity contribution in [2.75, 3.05) is 0 Å². The number of hydrogen-bond acceptors (Lipinski definition) is 1. The second kappa shape index (κ2) is 3.80. The molecule has 1 aromatic rings. The molecular weight excluding hydrogens is 184 g/mol. The van der Waals surface area contributed by atoms with Crippen LogP contribution in [0.3, 0.4) is 0 Å². The number of ketones is 1. The Morgan fingerprint density at radius 3 is 2.60 bits per heavy atom. The predicted octanol–water partition coefficient (Wildman–Crippen LogP) is 3.64. The average molecular weight is 202 g/mol. The highest BCUT2D eigenvalue weighted by molar-refractivity contribution is 6.00. The molecule has 0 spiro atoms. The minimum atomic E-state index is 0.347. The highest BCUT2D eigenvalue weighted by atomic mass is 16.1. The van der Waals surface area contributed by atoms with Gasteiger partial charge in [0.2, 0.25) is 0 Å². The quantitative estimate of drug-likeness (QED) is 0.679. The maximum Gasteiger partial charge on any atom is 0.163 e. The van der Waals surface area contributed by atoms with Gasteiger partial charge in [-0.25, -0.2) is 0 Å². The monoisotopic (exact) mass is 202 g/mol. The summed E-state index contributed by atoms with van der Waals surface area (Å²) >= 11 is 0. The largest absolute Gasteiger partial charge is 0.294 e. The smallest absolute Gasteiger partial charge is 0.163 e. The summed E-state index contributed by atoms with van der Waals surface area (Å²) in [7, 11) is 0. The van der Waals surface area contributed by atoms with Gasteiger partial charge in [0.1, 0.15) is 0 Å². The van der Waals surface area contributed by atoms with E-state index < -0.39 is 0 Å². The number of hydrogen-bond donors (Lipinski definition) is 0. The van der Waals surface area contributed by atoms with E-state index in [4.69, 9.17) is 0 Å². The van der Waals surface area contributed by atoms with Crippen LogP contribution in [0.5, 0.6) is 0 Å². The molecule has 1 heteroatoms. The van der Waals surface area contributed by atoms with E-state index in [1.54, 1.807) is 0 Å². The van der Waals surface area contributed by atoms with Crippen molar-refractivity contribution in [2.45, 2.75) is 46.0 Å². The standard InChI is InChI=1S/C14H18O/c1-9(2)12-8-10(3)7-11-5-4-6-13(15)14(11)12/h7-9H,4-6H2,1-3H3. The molecule has 0 fully saturated rings. The van der Waals surface area contributed by atoms with Crippen molar-refractivity contribution in [3.05, 3.63) is 34.4 Å². The molecule has 0 saturated carbocycles. The lowest BCUT2D eigenvalue weighted by Crippen LogP contribution is -2.15. The molecule has 0 bridgehead atoms. The number of fused-ring (bicyclic) bond motifs is 1. The second-order valence-corrected chi connectivity index (χ2v) is 4.82. The van der Waals surface area contributed by atoms with Crippen LogP contribution in [0.1, 0.15) is 59.7 Å². The van der Waals surface area contributed by atoms with Crippen LogP contribution >= 0.6 is 0 Å². The maximum absolute atomic E-state index is 11.9. The third-order valence-corrected chi connectivity index (χ3v) is 3.15. The van der Waals surface area contributed by atoms with Crippen molar-refractivity contribution in [1.82, 2.24) is 0 Å². The molecule has 0 amide bonds. The first-order chi connectivity index (χ1) is 7.09. The lowest BCUT2D eigenvalue weighted by Gasteiger charge is -2.21. The Kier molecular flexibility index (Phi) is 2.64. The number of rotatable bonds is 1. The Morgan fingerprint density at radius 2 is 1.93 bits per heavy atom. The van der Waals surface area contributed by atoms with Gasteiger partial charge in [0.15, 0.2) is 5.78 Å². The van der Waals surface area contributed by atoms with Crippen LogP contribution in [0.2, 0.25) is 0 Å². The van der Waals surface area contributed by atoms with E-state index in [-0.39, 0.29) is 0 Å². The van der Waals surface area contributed by atoms with Gasteiger partial charge in [0.25, 0.3) is 0 Å². The Balaban J connectivity index is 2.63. The van der Waals surface area contributed by atoms with Gasteiger partial charge in [-0.05, 0) is 36.8 Å². The van der Waals surface area contributed by atoms with Gasteiger partial charge in [0, 0.05) is 12.0 Å². The summed E-state index contributed by atoms with van der Waals surface area (Å²) in [6, 6.07) is 4.35. The number of Topliss-reactive ketones (excluding diaryl/α,β-unsaturated/α-hetero) is 1. The van der Waals surface area contributed by atoms with Gasteiger partial charge in [-0.2, -0.15) is 0 Å². The fourth-order valence-corrected chi connectivity index (χ4v) is 2.45. The average Bonchev–Trinajstić information content (AvgIpc) is 2.16. The third kappa shape index (κ3) is 1.83. The number of aryl methyl sites for hydroxylation is 2. The van der Waals surface area contributed by atoms with Crippen LogP contribution in [0.15, 0.2) is 12.1 Å². The van der Waals surface area contributed by atoms with E-state index in [2.05, 4.69) is 32.9 Å². The topological polar surface area (TPSA) is 17.1 Å². The van der Waals surface area contributed by atoms with Crippen LogP contribution in [0.4, 0.5) is 0 Å². The first-order valence-electron chi connectivity index (χ1n) is 5.76. The first kappa shape index (κ1) is 10.4. The van der Waals surface area contributed by atoms with Gasteiger partial charge in [0.05, 0.1) is 0 Å². The summed E-state index contributed by atoms with van der Waals surface area (Å²) in [4.78, 5) is 11.9. The van der Waals surface area contributed by atoms with E-state index in [0.717, 1.165) is 24.8 Å². The van der Waals surface area contributed by atoms with Crippen LogP contribution in [-0.4, -0.2) is 5.78 Å². The zero-order valence-corrected chi connectivity index (χ0v) is 9.76. The molecule has 15 heavy (non-hydrogen) atoms. The van der Waals surface area contributed by atoms with Crippen LogP contribution < -0.4 is 0 Å². The molecule has 0 unspecified atom stereocenters. The molecule has 0 saturated heterocycles. The Labute approximate surface area is 91.5 Å². The van der Waals surface area contributed by atoms with Gasteiger partial charge in [-0.1, -0.05) is 31.5 Å². The molecule has 80 valence electrons. The van der Waals surface area contributed by atoms with Gasteiger partial charge in [-0.15, -0.1) is 0 Å². The van der Waals surface area contributed by atoms with Gasteiger partial charge >= 0.3 is 0 Å². The SMILES string of the molecule is Cc1cc2c(c(C(C)C)c1)C(=O)CCC2. The fraction of sp³-hybridized carbons (Fsp3) is 0.500. The van der Waals surface area contributed by atoms with E-state index in [1.165, 1.54) is 16.7 Å².